The molecule has 5 nitrogen and oxygen atoms in total. The lowest BCUT2D eigenvalue weighted by Crippen LogP contribution is -2.20. The highest BCUT2D eigenvalue weighted by Crippen LogP contribution is 2.17. The number of benzene rings is 1. The Morgan fingerprint density at radius 3 is 2.70 bits per heavy atom. The van der Waals surface area contributed by atoms with E-state index in [0.717, 1.165) is 10.0 Å². The quantitative estimate of drug-likeness (QED) is 0.509. The molecule has 0 aromatic heterocycles. The Kier molecular flexibility index (Phi) is 6.38. The average Bonchev–Trinajstić information content (AvgIpc) is 2.39. The van der Waals surface area contributed by atoms with Crippen molar-refractivity contribution >= 4 is 33.5 Å². The van der Waals surface area contributed by atoms with Gasteiger partial charge in [0.1, 0.15) is 0 Å². The van der Waals surface area contributed by atoms with Crippen molar-refractivity contribution < 1.29 is 14.3 Å². The Morgan fingerprint density at radius 1 is 1.40 bits per heavy atom. The summed E-state index contributed by atoms with van der Waals surface area (Å²) in [6.45, 7) is 5.66. The SMILES string of the molecule is CCOC(=O)C/C(C)=N/NC(=O)c1ccc(C)c(Br)c1. The molecule has 20 heavy (non-hydrogen) atoms. The van der Waals surface area contributed by atoms with Crippen LogP contribution in [0.5, 0.6) is 0 Å². The zero-order chi connectivity index (χ0) is 15.1. The lowest BCUT2D eigenvalue weighted by molar-refractivity contribution is -0.141. The monoisotopic (exact) mass is 340 g/mol. The second-order valence-electron chi connectivity index (χ2n) is 4.23. The molecular weight excluding hydrogens is 324 g/mol. The summed E-state index contributed by atoms with van der Waals surface area (Å²) < 4.78 is 5.65. The van der Waals surface area contributed by atoms with Crippen molar-refractivity contribution in [3.05, 3.63) is 33.8 Å². The maximum absolute atomic E-state index is 11.9. The van der Waals surface area contributed by atoms with E-state index in [1.807, 2.05) is 13.0 Å². The first-order valence-electron chi connectivity index (χ1n) is 6.19. The van der Waals surface area contributed by atoms with Crippen molar-refractivity contribution in [2.75, 3.05) is 6.61 Å². The zero-order valence-electron chi connectivity index (χ0n) is 11.7. The van der Waals surface area contributed by atoms with Gasteiger partial charge in [0, 0.05) is 15.7 Å². The largest absolute Gasteiger partial charge is 0.466 e. The average molecular weight is 341 g/mol. The zero-order valence-corrected chi connectivity index (χ0v) is 13.3. The van der Waals surface area contributed by atoms with Gasteiger partial charge >= 0.3 is 5.97 Å². The molecule has 0 spiro atoms. The Hall–Kier alpha value is -1.69. The number of ether oxygens (including phenoxy) is 1. The van der Waals surface area contributed by atoms with Gasteiger partial charge in [-0.1, -0.05) is 22.0 Å². The van der Waals surface area contributed by atoms with Gasteiger partial charge in [-0.3, -0.25) is 9.59 Å². The minimum absolute atomic E-state index is 0.0612. The summed E-state index contributed by atoms with van der Waals surface area (Å²) in [7, 11) is 0. The predicted molar refractivity (Wildman–Crippen MR) is 80.7 cm³/mol. The van der Waals surface area contributed by atoms with Gasteiger partial charge in [0.15, 0.2) is 0 Å². The van der Waals surface area contributed by atoms with Gasteiger partial charge in [-0.05, 0) is 38.5 Å². The van der Waals surface area contributed by atoms with Crippen LogP contribution in [0.25, 0.3) is 0 Å². The summed E-state index contributed by atoms with van der Waals surface area (Å²) in [6.07, 6.45) is 0.0612. The van der Waals surface area contributed by atoms with E-state index in [-0.39, 0.29) is 18.3 Å². The molecule has 0 unspecified atom stereocenters. The molecule has 0 radical (unpaired) electrons. The van der Waals surface area contributed by atoms with Gasteiger partial charge in [-0.15, -0.1) is 0 Å². The van der Waals surface area contributed by atoms with Gasteiger partial charge in [0.05, 0.1) is 13.0 Å². The number of nitrogens with zero attached hydrogens (tertiary/aromatic N) is 1. The normalized spacial score (nSPS) is 11.1. The second kappa shape index (κ2) is 7.79. The minimum Gasteiger partial charge on any atom is -0.466 e. The fourth-order valence-electron chi connectivity index (χ4n) is 1.41. The van der Waals surface area contributed by atoms with Crippen LogP contribution >= 0.6 is 15.9 Å². The summed E-state index contributed by atoms with van der Waals surface area (Å²) >= 11 is 3.37. The van der Waals surface area contributed by atoms with Crippen LogP contribution in [0.1, 0.15) is 36.2 Å². The second-order valence-corrected chi connectivity index (χ2v) is 5.09. The number of aryl methyl sites for hydroxylation is 1. The van der Waals surface area contributed by atoms with Crippen molar-refractivity contribution in [1.29, 1.82) is 0 Å². The third-order valence-electron chi connectivity index (χ3n) is 2.49. The molecule has 1 N–H and O–H groups in total. The van der Waals surface area contributed by atoms with Crippen molar-refractivity contribution in [1.82, 2.24) is 5.43 Å². The lowest BCUT2D eigenvalue weighted by Gasteiger charge is -2.04. The Bertz CT molecular complexity index is 541. The minimum atomic E-state index is -0.360. The van der Waals surface area contributed by atoms with Crippen molar-refractivity contribution in [2.24, 2.45) is 5.10 Å². The molecule has 0 heterocycles. The van der Waals surface area contributed by atoms with E-state index in [2.05, 4.69) is 26.5 Å². The first-order valence-corrected chi connectivity index (χ1v) is 6.98. The molecule has 0 bridgehead atoms. The molecule has 1 rings (SSSR count). The molecule has 0 atom stereocenters. The highest BCUT2D eigenvalue weighted by Gasteiger charge is 2.08. The van der Waals surface area contributed by atoms with Gasteiger partial charge in [0.2, 0.25) is 0 Å². The van der Waals surface area contributed by atoms with Crippen molar-refractivity contribution in [3.63, 3.8) is 0 Å². The number of nitrogens with one attached hydrogen (secondary N) is 1. The topological polar surface area (TPSA) is 67.8 Å². The maximum Gasteiger partial charge on any atom is 0.311 e. The Morgan fingerprint density at radius 2 is 2.10 bits per heavy atom. The lowest BCUT2D eigenvalue weighted by atomic mass is 10.1. The van der Waals surface area contributed by atoms with Crippen LogP contribution in [0, 0.1) is 6.92 Å². The molecule has 1 aromatic carbocycles. The highest BCUT2D eigenvalue weighted by atomic mass is 79.9. The van der Waals surface area contributed by atoms with Crippen LogP contribution in [-0.2, 0) is 9.53 Å². The number of rotatable bonds is 5. The van der Waals surface area contributed by atoms with E-state index in [4.69, 9.17) is 4.74 Å². The van der Waals surface area contributed by atoms with E-state index in [0.29, 0.717) is 17.9 Å². The first-order chi connectivity index (χ1) is 9.43. The van der Waals surface area contributed by atoms with Crippen LogP contribution in [0.4, 0.5) is 0 Å². The van der Waals surface area contributed by atoms with E-state index in [1.54, 1.807) is 26.0 Å². The first kappa shape index (κ1) is 16.4. The van der Waals surface area contributed by atoms with Gasteiger partial charge in [0.25, 0.3) is 5.91 Å². The maximum atomic E-state index is 11.9. The third-order valence-corrected chi connectivity index (χ3v) is 3.34. The van der Waals surface area contributed by atoms with Crippen LogP contribution < -0.4 is 5.43 Å². The number of halogens is 1. The number of hydrogen-bond acceptors (Lipinski definition) is 4. The molecule has 0 fully saturated rings. The van der Waals surface area contributed by atoms with Crippen molar-refractivity contribution in [3.8, 4) is 0 Å². The van der Waals surface area contributed by atoms with E-state index >= 15 is 0 Å². The third kappa shape index (κ3) is 5.13. The van der Waals surface area contributed by atoms with Crippen LogP contribution in [-0.4, -0.2) is 24.2 Å². The Labute approximate surface area is 126 Å². The Balaban J connectivity index is 2.61. The fourth-order valence-corrected chi connectivity index (χ4v) is 1.78. The summed E-state index contributed by atoms with van der Waals surface area (Å²) in [6, 6.07) is 5.28. The standard InChI is InChI=1S/C14H17BrN2O3/c1-4-20-13(18)7-10(3)16-17-14(19)11-6-5-9(2)12(15)8-11/h5-6,8H,4,7H2,1-3H3,(H,17,19)/b16-10+. The highest BCUT2D eigenvalue weighted by molar-refractivity contribution is 9.10. The summed E-state index contributed by atoms with van der Waals surface area (Å²) in [5.74, 6) is -0.685. The molecule has 0 saturated carbocycles. The number of carbonyl (C=O) groups is 2. The van der Waals surface area contributed by atoms with Crippen LogP contribution in [0.15, 0.2) is 27.8 Å². The summed E-state index contributed by atoms with van der Waals surface area (Å²) in [4.78, 5) is 23.1. The number of carbonyl (C=O) groups excluding carboxylic acids is 2. The summed E-state index contributed by atoms with van der Waals surface area (Å²) in [5, 5.41) is 3.88. The molecular formula is C14H17BrN2O3. The van der Waals surface area contributed by atoms with Gasteiger partial charge < -0.3 is 4.74 Å². The van der Waals surface area contributed by atoms with E-state index < -0.39 is 0 Å². The van der Waals surface area contributed by atoms with Gasteiger partial charge in [-0.25, -0.2) is 5.43 Å². The van der Waals surface area contributed by atoms with E-state index in [9.17, 15) is 9.59 Å². The molecule has 0 aliphatic heterocycles. The molecule has 0 saturated heterocycles. The smallest absolute Gasteiger partial charge is 0.311 e. The number of esters is 1. The molecule has 1 amide bonds. The fraction of sp³-hybridized carbons (Fsp3) is 0.357. The molecule has 0 aliphatic rings. The van der Waals surface area contributed by atoms with Crippen LogP contribution in [0.2, 0.25) is 0 Å². The molecule has 6 heteroatoms. The molecule has 108 valence electrons. The number of hydrogen-bond donors (Lipinski definition) is 1. The van der Waals surface area contributed by atoms with Crippen LogP contribution in [0.3, 0.4) is 0 Å². The van der Waals surface area contributed by atoms with E-state index in [1.165, 1.54) is 0 Å². The summed E-state index contributed by atoms with van der Waals surface area (Å²) in [5.41, 5.74) is 4.44. The molecule has 1 aromatic rings. The van der Waals surface area contributed by atoms with Gasteiger partial charge in [-0.2, -0.15) is 5.10 Å². The predicted octanol–water partition coefficient (Wildman–Crippen LogP) is 2.82. The molecule has 0 aliphatic carbocycles. The number of amides is 1. The van der Waals surface area contributed by atoms with Crippen molar-refractivity contribution in [2.45, 2.75) is 27.2 Å². The number of hydrazone groups is 1.